The van der Waals surface area contributed by atoms with Crippen LogP contribution in [-0.4, -0.2) is 46.9 Å². The van der Waals surface area contributed by atoms with Crippen molar-refractivity contribution in [3.63, 3.8) is 0 Å². The van der Waals surface area contributed by atoms with Gasteiger partial charge in [-0.1, -0.05) is 41.9 Å². The third-order valence-electron chi connectivity index (χ3n) is 5.54. The van der Waals surface area contributed by atoms with Crippen molar-refractivity contribution in [3.05, 3.63) is 70.7 Å². The molecule has 0 aromatic heterocycles. The van der Waals surface area contributed by atoms with Crippen LogP contribution < -0.4 is 5.32 Å². The molecule has 140 valence electrons. The van der Waals surface area contributed by atoms with Crippen molar-refractivity contribution in [1.82, 2.24) is 15.1 Å². The van der Waals surface area contributed by atoms with Crippen LogP contribution in [0.4, 0.5) is 0 Å². The third kappa shape index (κ3) is 3.57. The number of nitrogens with one attached hydrogen (secondary N) is 1. The molecule has 2 aliphatic heterocycles. The van der Waals surface area contributed by atoms with Crippen LogP contribution in [0.1, 0.15) is 28.8 Å². The lowest BCUT2D eigenvalue weighted by Gasteiger charge is -2.44. The summed E-state index contributed by atoms with van der Waals surface area (Å²) in [6.45, 7) is 2.19. The Morgan fingerprint density at radius 2 is 1.70 bits per heavy atom. The molecule has 0 bridgehead atoms. The van der Waals surface area contributed by atoms with Crippen LogP contribution in [0.15, 0.2) is 54.6 Å². The third-order valence-corrected chi connectivity index (χ3v) is 5.79. The lowest BCUT2D eigenvalue weighted by Crippen LogP contribution is -2.58. The first-order chi connectivity index (χ1) is 13.1. The topological polar surface area (TPSA) is 52.7 Å². The van der Waals surface area contributed by atoms with Gasteiger partial charge in [0.25, 0.3) is 5.91 Å². The van der Waals surface area contributed by atoms with Gasteiger partial charge in [-0.05, 0) is 29.8 Å². The molecule has 0 atom stereocenters. The first kappa shape index (κ1) is 18.0. The largest absolute Gasteiger partial charge is 0.338 e. The van der Waals surface area contributed by atoms with E-state index in [1.54, 1.807) is 24.3 Å². The average molecular weight is 384 g/mol. The number of benzene rings is 2. The smallest absolute Gasteiger partial charge is 0.253 e. The molecule has 2 aromatic carbocycles. The quantitative estimate of drug-likeness (QED) is 0.886. The summed E-state index contributed by atoms with van der Waals surface area (Å²) in [5.74, 6) is 0.136. The monoisotopic (exact) mass is 383 g/mol. The van der Waals surface area contributed by atoms with Gasteiger partial charge in [-0.15, -0.1) is 0 Å². The highest BCUT2D eigenvalue weighted by Gasteiger charge is 2.47. The maximum Gasteiger partial charge on any atom is 0.253 e. The molecule has 1 N–H and O–H groups in total. The summed E-state index contributed by atoms with van der Waals surface area (Å²) in [6, 6.07) is 17.0. The second kappa shape index (κ2) is 7.33. The lowest BCUT2D eigenvalue weighted by molar-refractivity contribution is -0.132. The molecule has 2 aromatic rings. The molecular formula is C21H22ClN3O2. The molecule has 0 unspecified atom stereocenters. The number of hydrogen-bond acceptors (Lipinski definition) is 3. The average Bonchev–Trinajstić information content (AvgIpc) is 2.99. The van der Waals surface area contributed by atoms with Gasteiger partial charge in [0, 0.05) is 43.1 Å². The number of piperidine rings is 1. The van der Waals surface area contributed by atoms with Crippen molar-refractivity contribution < 1.29 is 9.59 Å². The summed E-state index contributed by atoms with van der Waals surface area (Å²) in [7, 11) is 0. The summed E-state index contributed by atoms with van der Waals surface area (Å²) in [5, 5.41) is 4.04. The van der Waals surface area contributed by atoms with Gasteiger partial charge in [-0.2, -0.15) is 0 Å². The number of hydrogen-bond donors (Lipinski definition) is 1. The highest BCUT2D eigenvalue weighted by atomic mass is 35.5. The zero-order valence-corrected chi connectivity index (χ0v) is 15.8. The zero-order chi connectivity index (χ0) is 18.9. The molecular weight excluding hydrogens is 362 g/mol. The molecule has 0 aliphatic carbocycles. The summed E-state index contributed by atoms with van der Waals surface area (Å²) < 4.78 is 0. The highest BCUT2D eigenvalue weighted by Crippen LogP contribution is 2.32. The van der Waals surface area contributed by atoms with Gasteiger partial charge >= 0.3 is 0 Å². The van der Waals surface area contributed by atoms with E-state index in [-0.39, 0.29) is 17.5 Å². The van der Waals surface area contributed by atoms with E-state index in [4.69, 9.17) is 11.6 Å². The number of carbonyl (C=O) groups excluding carboxylic acids is 2. The van der Waals surface area contributed by atoms with E-state index >= 15 is 0 Å². The minimum atomic E-state index is -0.357. The van der Waals surface area contributed by atoms with Gasteiger partial charge in [0.2, 0.25) is 5.91 Å². The van der Waals surface area contributed by atoms with E-state index in [0.29, 0.717) is 36.8 Å². The van der Waals surface area contributed by atoms with E-state index in [0.717, 1.165) is 18.4 Å². The number of carbonyl (C=O) groups is 2. The van der Waals surface area contributed by atoms with Gasteiger partial charge in [0.1, 0.15) is 0 Å². The van der Waals surface area contributed by atoms with Gasteiger partial charge in [0.15, 0.2) is 0 Å². The van der Waals surface area contributed by atoms with Gasteiger partial charge in [-0.25, -0.2) is 0 Å². The molecule has 4 rings (SSSR count). The summed E-state index contributed by atoms with van der Waals surface area (Å²) in [6.07, 6.45) is 1.45. The van der Waals surface area contributed by atoms with E-state index < -0.39 is 0 Å². The number of likely N-dealkylation sites (tertiary alicyclic amines) is 1. The predicted octanol–water partition coefficient (Wildman–Crippen LogP) is 2.90. The van der Waals surface area contributed by atoms with Crippen molar-refractivity contribution >= 4 is 23.4 Å². The molecule has 0 radical (unpaired) electrons. The van der Waals surface area contributed by atoms with Crippen LogP contribution >= 0.6 is 11.6 Å². The van der Waals surface area contributed by atoms with Crippen LogP contribution in [0.5, 0.6) is 0 Å². The maximum atomic E-state index is 12.7. The SMILES string of the molecule is O=C(c1ccc(Cl)cc1)N1CCC2(CC1)NCC(=O)N2Cc1ccccc1. The second-order valence-corrected chi connectivity index (χ2v) is 7.59. The maximum absolute atomic E-state index is 12.7. The standard InChI is InChI=1S/C21H22ClN3O2/c22-18-8-6-17(7-9-18)20(27)24-12-10-21(11-13-24)23-14-19(26)25(21)15-16-4-2-1-3-5-16/h1-9,23H,10-15H2. The van der Waals surface area contributed by atoms with E-state index in [9.17, 15) is 9.59 Å². The zero-order valence-electron chi connectivity index (χ0n) is 15.0. The Hall–Kier alpha value is -2.37. The van der Waals surface area contributed by atoms with Crippen LogP contribution in [0.3, 0.4) is 0 Å². The molecule has 27 heavy (non-hydrogen) atoms. The Labute approximate surface area is 163 Å². The number of nitrogens with zero attached hydrogens (tertiary/aromatic N) is 2. The summed E-state index contributed by atoms with van der Waals surface area (Å²) in [4.78, 5) is 29.0. The Bertz CT molecular complexity index is 830. The van der Waals surface area contributed by atoms with E-state index in [1.165, 1.54) is 0 Å². The fourth-order valence-corrected chi connectivity index (χ4v) is 4.10. The van der Waals surface area contributed by atoms with Crippen LogP contribution in [0.25, 0.3) is 0 Å². The van der Waals surface area contributed by atoms with Gasteiger partial charge in [0.05, 0.1) is 12.2 Å². The predicted molar refractivity (Wildman–Crippen MR) is 104 cm³/mol. The van der Waals surface area contributed by atoms with Crippen molar-refractivity contribution in [3.8, 4) is 0 Å². The van der Waals surface area contributed by atoms with Gasteiger partial charge in [-0.3, -0.25) is 14.9 Å². The van der Waals surface area contributed by atoms with Gasteiger partial charge < -0.3 is 9.80 Å². The number of rotatable bonds is 3. The molecule has 0 saturated carbocycles. The van der Waals surface area contributed by atoms with Crippen LogP contribution in [-0.2, 0) is 11.3 Å². The fourth-order valence-electron chi connectivity index (χ4n) is 3.98. The van der Waals surface area contributed by atoms with Crippen molar-refractivity contribution in [2.75, 3.05) is 19.6 Å². The Kier molecular flexibility index (Phi) is 4.89. The lowest BCUT2D eigenvalue weighted by atomic mass is 9.95. The van der Waals surface area contributed by atoms with Crippen molar-refractivity contribution in [2.45, 2.75) is 25.0 Å². The van der Waals surface area contributed by atoms with E-state index in [1.807, 2.05) is 40.1 Å². The summed E-state index contributed by atoms with van der Waals surface area (Å²) >= 11 is 5.91. The first-order valence-electron chi connectivity index (χ1n) is 9.22. The van der Waals surface area contributed by atoms with E-state index in [2.05, 4.69) is 5.32 Å². The van der Waals surface area contributed by atoms with Crippen LogP contribution in [0.2, 0.25) is 5.02 Å². The Morgan fingerprint density at radius 1 is 1.04 bits per heavy atom. The normalized spacial score (nSPS) is 18.9. The minimum absolute atomic E-state index is 0.0143. The number of amides is 2. The molecule has 2 amide bonds. The van der Waals surface area contributed by atoms with Crippen molar-refractivity contribution in [2.24, 2.45) is 0 Å². The highest BCUT2D eigenvalue weighted by molar-refractivity contribution is 6.30. The Balaban J connectivity index is 1.45. The van der Waals surface area contributed by atoms with Crippen molar-refractivity contribution in [1.29, 1.82) is 0 Å². The second-order valence-electron chi connectivity index (χ2n) is 7.15. The molecule has 2 heterocycles. The number of halogens is 1. The minimum Gasteiger partial charge on any atom is -0.338 e. The molecule has 2 fully saturated rings. The molecule has 2 saturated heterocycles. The summed E-state index contributed by atoms with van der Waals surface area (Å²) in [5.41, 5.74) is 1.41. The molecule has 1 spiro atoms. The fraction of sp³-hybridized carbons (Fsp3) is 0.333. The van der Waals surface area contributed by atoms with Crippen LogP contribution in [0, 0.1) is 0 Å². The first-order valence-corrected chi connectivity index (χ1v) is 9.59. The molecule has 2 aliphatic rings. The molecule has 6 heteroatoms. The molecule has 5 nitrogen and oxygen atoms in total. The Morgan fingerprint density at radius 3 is 2.37 bits per heavy atom.